The van der Waals surface area contributed by atoms with E-state index in [9.17, 15) is 0 Å². The number of halogens is 1. The van der Waals surface area contributed by atoms with Gasteiger partial charge in [0.15, 0.2) is 5.82 Å². The van der Waals surface area contributed by atoms with E-state index < -0.39 is 0 Å². The molecule has 0 aliphatic rings. The predicted octanol–water partition coefficient (Wildman–Crippen LogP) is 3.88. The average Bonchev–Trinajstić information content (AvgIpc) is 2.80. The molecule has 0 amide bonds. The number of hydrogen-bond donors (Lipinski definition) is 0. The number of para-hydroxylation sites is 1. The monoisotopic (exact) mass is 330 g/mol. The summed E-state index contributed by atoms with van der Waals surface area (Å²) in [6, 6.07) is 9.97. The number of fused-ring (bicyclic) bond motifs is 1. The normalized spacial score (nSPS) is 12.0. The topological polar surface area (TPSA) is 43.6 Å². The molecule has 0 N–H and O–H groups in total. The van der Waals surface area contributed by atoms with Crippen LogP contribution in [0, 0.1) is 0 Å². The van der Waals surface area contributed by atoms with E-state index in [4.69, 9.17) is 0 Å². The maximum Gasteiger partial charge on any atom is 0.158 e. The van der Waals surface area contributed by atoms with Crippen LogP contribution in [0.1, 0.15) is 26.6 Å². The molecule has 3 rings (SSSR count). The van der Waals surface area contributed by atoms with Gasteiger partial charge in [0, 0.05) is 16.9 Å². The SMILES string of the molecule is CC(C)(C)c1nc(Br)cc(-n2ncc3ccccc32)n1. The highest BCUT2D eigenvalue weighted by Crippen LogP contribution is 2.23. The molecule has 1 aromatic carbocycles. The van der Waals surface area contributed by atoms with Crippen LogP contribution in [0.25, 0.3) is 16.7 Å². The van der Waals surface area contributed by atoms with Crippen LogP contribution in [0.3, 0.4) is 0 Å². The van der Waals surface area contributed by atoms with E-state index in [1.807, 2.05) is 41.2 Å². The third-order valence-electron chi connectivity index (χ3n) is 3.05. The molecule has 0 aliphatic heterocycles. The molecule has 0 atom stereocenters. The minimum absolute atomic E-state index is 0.110. The van der Waals surface area contributed by atoms with Gasteiger partial charge in [-0.3, -0.25) is 0 Å². The Balaban J connectivity index is 2.22. The van der Waals surface area contributed by atoms with Crippen LogP contribution in [0.2, 0.25) is 0 Å². The van der Waals surface area contributed by atoms with Gasteiger partial charge in [-0.25, -0.2) is 14.6 Å². The highest BCUT2D eigenvalue weighted by Gasteiger charge is 2.19. The van der Waals surface area contributed by atoms with E-state index >= 15 is 0 Å². The van der Waals surface area contributed by atoms with Gasteiger partial charge in [-0.2, -0.15) is 5.10 Å². The fraction of sp³-hybridized carbons (Fsp3) is 0.267. The first-order valence-electron chi connectivity index (χ1n) is 6.43. The van der Waals surface area contributed by atoms with Crippen molar-refractivity contribution in [2.75, 3.05) is 0 Å². The Morgan fingerprint density at radius 2 is 1.85 bits per heavy atom. The lowest BCUT2D eigenvalue weighted by Gasteiger charge is -2.17. The van der Waals surface area contributed by atoms with Gasteiger partial charge in [0.05, 0.1) is 11.7 Å². The number of benzene rings is 1. The summed E-state index contributed by atoms with van der Waals surface area (Å²) in [5.74, 6) is 1.57. The summed E-state index contributed by atoms with van der Waals surface area (Å²) in [5, 5.41) is 5.53. The van der Waals surface area contributed by atoms with Gasteiger partial charge in [0.1, 0.15) is 10.4 Å². The van der Waals surface area contributed by atoms with Crippen molar-refractivity contribution in [2.24, 2.45) is 0 Å². The Morgan fingerprint density at radius 1 is 1.10 bits per heavy atom. The second kappa shape index (κ2) is 4.66. The van der Waals surface area contributed by atoms with Crippen molar-refractivity contribution in [2.45, 2.75) is 26.2 Å². The summed E-state index contributed by atoms with van der Waals surface area (Å²) < 4.78 is 2.61. The summed E-state index contributed by atoms with van der Waals surface area (Å²) in [6.45, 7) is 6.29. The molecule has 3 aromatic rings. The molecule has 0 spiro atoms. The fourth-order valence-corrected chi connectivity index (χ4v) is 2.38. The minimum atomic E-state index is -0.110. The smallest absolute Gasteiger partial charge is 0.158 e. The predicted molar refractivity (Wildman–Crippen MR) is 83.1 cm³/mol. The first kappa shape index (κ1) is 13.2. The second-order valence-electron chi connectivity index (χ2n) is 5.74. The van der Waals surface area contributed by atoms with Crippen molar-refractivity contribution in [3.63, 3.8) is 0 Å². The van der Waals surface area contributed by atoms with Crippen molar-refractivity contribution in [1.82, 2.24) is 19.7 Å². The number of aromatic nitrogens is 4. The quantitative estimate of drug-likeness (QED) is 0.636. The van der Waals surface area contributed by atoms with E-state index in [2.05, 4.69) is 51.8 Å². The lowest BCUT2D eigenvalue weighted by molar-refractivity contribution is 0.540. The van der Waals surface area contributed by atoms with Gasteiger partial charge in [0.2, 0.25) is 0 Å². The summed E-state index contributed by atoms with van der Waals surface area (Å²) in [5.41, 5.74) is 0.930. The van der Waals surface area contributed by atoms with Gasteiger partial charge >= 0.3 is 0 Å². The zero-order valence-electron chi connectivity index (χ0n) is 11.6. The Bertz CT molecular complexity index is 771. The molecule has 102 valence electrons. The van der Waals surface area contributed by atoms with E-state index in [1.54, 1.807) is 0 Å². The molecule has 0 fully saturated rings. The zero-order valence-corrected chi connectivity index (χ0v) is 13.2. The molecule has 0 radical (unpaired) electrons. The Labute approximate surface area is 126 Å². The van der Waals surface area contributed by atoms with Gasteiger partial charge in [-0.05, 0) is 22.0 Å². The molecule has 0 saturated carbocycles. The molecule has 0 saturated heterocycles. The standard InChI is InChI=1S/C15H15BrN4/c1-15(2,3)14-18-12(16)8-13(19-14)20-11-7-5-4-6-10(11)9-17-20/h4-9H,1-3H3. The maximum atomic E-state index is 4.66. The van der Waals surface area contributed by atoms with Crippen LogP contribution in [0.5, 0.6) is 0 Å². The van der Waals surface area contributed by atoms with Crippen LogP contribution in [0.4, 0.5) is 0 Å². The zero-order chi connectivity index (χ0) is 14.3. The molecule has 0 unspecified atom stereocenters. The number of rotatable bonds is 1. The third kappa shape index (κ3) is 2.33. The van der Waals surface area contributed by atoms with E-state index in [-0.39, 0.29) is 5.41 Å². The molecule has 4 nitrogen and oxygen atoms in total. The number of hydrogen-bond acceptors (Lipinski definition) is 3. The molecule has 5 heteroatoms. The fourth-order valence-electron chi connectivity index (χ4n) is 2.00. The largest absolute Gasteiger partial charge is 0.225 e. The second-order valence-corrected chi connectivity index (χ2v) is 6.55. The summed E-state index contributed by atoms with van der Waals surface area (Å²) in [7, 11) is 0. The van der Waals surface area contributed by atoms with E-state index in [0.717, 1.165) is 27.1 Å². The molecule has 20 heavy (non-hydrogen) atoms. The molecule has 2 heterocycles. The Morgan fingerprint density at radius 3 is 2.60 bits per heavy atom. The molecular formula is C15H15BrN4. The highest BCUT2D eigenvalue weighted by atomic mass is 79.9. The van der Waals surface area contributed by atoms with Gasteiger partial charge in [0.25, 0.3) is 0 Å². The molecule has 0 aliphatic carbocycles. The van der Waals surface area contributed by atoms with Gasteiger partial charge in [-0.15, -0.1) is 0 Å². The van der Waals surface area contributed by atoms with Crippen LogP contribution in [-0.4, -0.2) is 19.7 Å². The highest BCUT2D eigenvalue weighted by molar-refractivity contribution is 9.10. The van der Waals surface area contributed by atoms with Crippen molar-refractivity contribution in [3.8, 4) is 5.82 Å². The number of nitrogens with zero attached hydrogens (tertiary/aromatic N) is 4. The summed E-state index contributed by atoms with van der Waals surface area (Å²) >= 11 is 3.46. The first-order valence-corrected chi connectivity index (χ1v) is 7.23. The average molecular weight is 331 g/mol. The Kier molecular flexibility index (Phi) is 3.09. The first-order chi connectivity index (χ1) is 9.45. The molecular weight excluding hydrogens is 316 g/mol. The third-order valence-corrected chi connectivity index (χ3v) is 3.45. The van der Waals surface area contributed by atoms with Crippen LogP contribution in [0.15, 0.2) is 41.1 Å². The summed E-state index contributed by atoms with van der Waals surface area (Å²) in [4.78, 5) is 9.12. The van der Waals surface area contributed by atoms with Gasteiger partial charge < -0.3 is 0 Å². The molecule has 2 aromatic heterocycles. The summed E-state index contributed by atoms with van der Waals surface area (Å²) in [6.07, 6.45) is 1.85. The van der Waals surface area contributed by atoms with Crippen molar-refractivity contribution >= 4 is 26.8 Å². The van der Waals surface area contributed by atoms with Crippen molar-refractivity contribution in [3.05, 3.63) is 47.0 Å². The minimum Gasteiger partial charge on any atom is -0.225 e. The van der Waals surface area contributed by atoms with Gasteiger partial charge in [-0.1, -0.05) is 39.0 Å². The van der Waals surface area contributed by atoms with Crippen molar-refractivity contribution < 1.29 is 0 Å². The van der Waals surface area contributed by atoms with Crippen LogP contribution in [-0.2, 0) is 5.41 Å². The maximum absolute atomic E-state index is 4.66. The lowest BCUT2D eigenvalue weighted by atomic mass is 9.96. The van der Waals surface area contributed by atoms with Crippen LogP contribution < -0.4 is 0 Å². The van der Waals surface area contributed by atoms with E-state index in [1.165, 1.54) is 0 Å². The molecule has 0 bridgehead atoms. The lowest BCUT2D eigenvalue weighted by Crippen LogP contribution is -2.17. The Hall–Kier alpha value is -1.75. The van der Waals surface area contributed by atoms with Crippen molar-refractivity contribution in [1.29, 1.82) is 0 Å². The van der Waals surface area contributed by atoms with E-state index in [0.29, 0.717) is 0 Å². The van der Waals surface area contributed by atoms with Crippen LogP contribution >= 0.6 is 15.9 Å².